The summed E-state index contributed by atoms with van der Waals surface area (Å²) < 4.78 is 33.6. The first kappa shape index (κ1) is 26.9. The van der Waals surface area contributed by atoms with Gasteiger partial charge in [-0.15, -0.1) is 0 Å². The first-order chi connectivity index (χ1) is 17.2. The Morgan fingerprint density at radius 2 is 1.58 bits per heavy atom. The second-order valence-corrected chi connectivity index (χ2v) is 11.0. The predicted octanol–water partition coefficient (Wildman–Crippen LogP) is 5.19. The second-order valence-electron chi connectivity index (χ2n) is 9.14. The lowest BCUT2D eigenvalue weighted by Gasteiger charge is -2.24. The van der Waals surface area contributed by atoms with E-state index in [1.54, 1.807) is 30.3 Å². The zero-order chi connectivity index (χ0) is 26.1. The second kappa shape index (κ2) is 12.4. The third-order valence-electron chi connectivity index (χ3n) is 5.33. The van der Waals surface area contributed by atoms with Crippen molar-refractivity contribution >= 4 is 27.8 Å². The molecule has 0 aliphatic rings. The number of hydrazone groups is 1. The van der Waals surface area contributed by atoms with Gasteiger partial charge in [-0.25, -0.2) is 13.8 Å². The van der Waals surface area contributed by atoms with Crippen LogP contribution in [0.15, 0.2) is 88.9 Å². The van der Waals surface area contributed by atoms with Crippen LogP contribution in [-0.4, -0.2) is 33.7 Å². The summed E-state index contributed by atoms with van der Waals surface area (Å²) in [5, 5.41) is 4.00. The Hall–Kier alpha value is -3.65. The zero-order valence-corrected chi connectivity index (χ0v) is 21.9. The smallest absolute Gasteiger partial charge is 0.264 e. The number of nitrogens with zero attached hydrogens (tertiary/aromatic N) is 2. The van der Waals surface area contributed by atoms with Crippen molar-refractivity contribution in [3.05, 3.63) is 90.0 Å². The number of anilines is 1. The molecule has 3 aromatic rings. The number of hydrogen-bond donors (Lipinski definition) is 1. The van der Waals surface area contributed by atoms with Crippen molar-refractivity contribution in [1.29, 1.82) is 0 Å². The van der Waals surface area contributed by atoms with E-state index >= 15 is 0 Å². The lowest BCUT2D eigenvalue weighted by molar-refractivity contribution is -0.119. The van der Waals surface area contributed by atoms with Gasteiger partial charge < -0.3 is 4.74 Å². The van der Waals surface area contributed by atoms with Crippen molar-refractivity contribution in [3.8, 4) is 5.75 Å². The van der Waals surface area contributed by atoms with E-state index in [0.29, 0.717) is 24.1 Å². The van der Waals surface area contributed by atoms with Crippen LogP contribution < -0.4 is 14.5 Å². The van der Waals surface area contributed by atoms with Gasteiger partial charge in [-0.2, -0.15) is 5.10 Å². The molecular weight excluding hydrogens is 474 g/mol. The molecule has 190 valence electrons. The van der Waals surface area contributed by atoms with Crippen LogP contribution in [0.2, 0.25) is 0 Å². The lowest BCUT2D eigenvalue weighted by Crippen LogP contribution is -2.39. The fraction of sp³-hybridized carbons (Fsp3) is 0.286. The molecule has 7 nitrogen and oxygen atoms in total. The SMILES string of the molecule is CC(C)COc1ccc(/C=N\NC(=O)CN(c2ccc(C(C)C)cc2)S(=O)(=O)c2ccccc2)cc1. The summed E-state index contributed by atoms with van der Waals surface area (Å²) >= 11 is 0. The van der Waals surface area contributed by atoms with Crippen LogP contribution in [0.3, 0.4) is 0 Å². The fourth-order valence-electron chi connectivity index (χ4n) is 3.32. The molecule has 8 heteroatoms. The lowest BCUT2D eigenvalue weighted by atomic mass is 10.0. The number of hydrogen-bond acceptors (Lipinski definition) is 5. The van der Waals surface area contributed by atoms with Crippen LogP contribution in [-0.2, 0) is 14.8 Å². The minimum atomic E-state index is -3.97. The molecule has 0 saturated heterocycles. The number of nitrogens with one attached hydrogen (secondary N) is 1. The Balaban J connectivity index is 1.73. The van der Waals surface area contributed by atoms with Crippen molar-refractivity contribution in [2.75, 3.05) is 17.5 Å². The summed E-state index contributed by atoms with van der Waals surface area (Å²) in [5.74, 6) is 0.928. The quantitative estimate of drug-likeness (QED) is 0.286. The molecule has 0 bridgehead atoms. The van der Waals surface area contributed by atoms with Gasteiger partial charge in [-0.05, 0) is 71.5 Å². The van der Waals surface area contributed by atoms with Crippen molar-refractivity contribution in [2.45, 2.75) is 38.5 Å². The number of amides is 1. The van der Waals surface area contributed by atoms with Gasteiger partial charge in [0.15, 0.2) is 0 Å². The molecule has 0 aromatic heterocycles. The van der Waals surface area contributed by atoms with E-state index in [4.69, 9.17) is 4.74 Å². The Labute approximate surface area is 213 Å². The molecule has 0 spiro atoms. The van der Waals surface area contributed by atoms with Crippen molar-refractivity contribution in [2.24, 2.45) is 11.0 Å². The molecular formula is C28H33N3O4S. The number of carbonyl (C=O) groups excluding carboxylic acids is 1. The Bertz CT molecular complexity index is 1250. The van der Waals surface area contributed by atoms with Gasteiger partial charge in [0, 0.05) is 0 Å². The van der Waals surface area contributed by atoms with Gasteiger partial charge in [0.1, 0.15) is 12.3 Å². The Morgan fingerprint density at radius 3 is 2.17 bits per heavy atom. The highest BCUT2D eigenvalue weighted by atomic mass is 32.2. The maximum absolute atomic E-state index is 13.4. The van der Waals surface area contributed by atoms with E-state index in [1.807, 2.05) is 36.4 Å². The summed E-state index contributed by atoms with van der Waals surface area (Å²) in [6.07, 6.45) is 1.50. The van der Waals surface area contributed by atoms with Gasteiger partial charge in [0.05, 0.1) is 23.4 Å². The molecule has 0 fully saturated rings. The number of carbonyl (C=O) groups is 1. The molecule has 0 saturated carbocycles. The molecule has 1 amide bonds. The minimum Gasteiger partial charge on any atom is -0.493 e. The Morgan fingerprint density at radius 1 is 0.944 bits per heavy atom. The zero-order valence-electron chi connectivity index (χ0n) is 21.1. The highest BCUT2D eigenvalue weighted by Gasteiger charge is 2.27. The molecule has 36 heavy (non-hydrogen) atoms. The maximum atomic E-state index is 13.4. The topological polar surface area (TPSA) is 88.1 Å². The van der Waals surface area contributed by atoms with Gasteiger partial charge in [-0.3, -0.25) is 9.10 Å². The van der Waals surface area contributed by atoms with Crippen LogP contribution in [0.1, 0.15) is 44.7 Å². The van der Waals surface area contributed by atoms with Gasteiger partial charge >= 0.3 is 0 Å². The van der Waals surface area contributed by atoms with Crippen LogP contribution >= 0.6 is 0 Å². The average Bonchev–Trinajstić information content (AvgIpc) is 2.87. The molecule has 0 radical (unpaired) electrons. The van der Waals surface area contributed by atoms with E-state index in [-0.39, 0.29) is 4.90 Å². The summed E-state index contributed by atoms with van der Waals surface area (Å²) in [4.78, 5) is 12.8. The third-order valence-corrected chi connectivity index (χ3v) is 7.12. The molecule has 0 aliphatic carbocycles. The van der Waals surface area contributed by atoms with Crippen LogP contribution in [0.5, 0.6) is 5.75 Å². The molecule has 3 rings (SSSR count). The van der Waals surface area contributed by atoms with Gasteiger partial charge in [0.2, 0.25) is 0 Å². The molecule has 0 unspecified atom stereocenters. The average molecular weight is 508 g/mol. The molecule has 0 atom stereocenters. The largest absolute Gasteiger partial charge is 0.493 e. The third kappa shape index (κ3) is 7.42. The molecule has 0 heterocycles. The number of ether oxygens (including phenoxy) is 1. The van der Waals surface area contributed by atoms with Crippen molar-refractivity contribution < 1.29 is 17.9 Å². The molecule has 0 aliphatic heterocycles. The van der Waals surface area contributed by atoms with E-state index in [1.165, 1.54) is 18.3 Å². The summed E-state index contributed by atoms with van der Waals surface area (Å²) in [6, 6.07) is 22.6. The van der Waals surface area contributed by atoms with Gasteiger partial charge in [-0.1, -0.05) is 58.0 Å². The standard InChI is InChI=1S/C28H33N3O4S/c1-21(2)20-35-26-16-10-23(11-17-26)18-29-30-28(32)19-31(25-14-12-24(13-15-25)22(3)4)36(33,34)27-8-6-5-7-9-27/h5-18,21-22H,19-20H2,1-4H3,(H,30,32)/b29-18-. The Kier molecular flexibility index (Phi) is 9.25. The highest BCUT2D eigenvalue weighted by molar-refractivity contribution is 7.92. The molecule has 3 aromatic carbocycles. The van der Waals surface area contributed by atoms with Gasteiger partial charge in [0.25, 0.3) is 15.9 Å². The van der Waals surface area contributed by atoms with Crippen LogP contribution in [0.25, 0.3) is 0 Å². The number of rotatable bonds is 11. The van der Waals surface area contributed by atoms with Crippen LogP contribution in [0.4, 0.5) is 5.69 Å². The predicted molar refractivity (Wildman–Crippen MR) is 144 cm³/mol. The number of benzene rings is 3. The molecule has 1 N–H and O–H groups in total. The summed E-state index contributed by atoms with van der Waals surface area (Å²) in [7, 11) is -3.97. The summed E-state index contributed by atoms with van der Waals surface area (Å²) in [6.45, 7) is 8.49. The monoisotopic (exact) mass is 507 g/mol. The number of sulfonamides is 1. The van der Waals surface area contributed by atoms with E-state index in [9.17, 15) is 13.2 Å². The van der Waals surface area contributed by atoms with E-state index in [2.05, 4.69) is 38.2 Å². The highest BCUT2D eigenvalue weighted by Crippen LogP contribution is 2.25. The van der Waals surface area contributed by atoms with E-state index in [0.717, 1.165) is 21.2 Å². The minimum absolute atomic E-state index is 0.106. The van der Waals surface area contributed by atoms with E-state index < -0.39 is 22.5 Å². The first-order valence-electron chi connectivity index (χ1n) is 11.9. The van der Waals surface area contributed by atoms with Crippen molar-refractivity contribution in [3.63, 3.8) is 0 Å². The summed E-state index contributed by atoms with van der Waals surface area (Å²) in [5.41, 5.74) is 4.68. The first-order valence-corrected chi connectivity index (χ1v) is 13.3. The van der Waals surface area contributed by atoms with Crippen LogP contribution in [0, 0.1) is 5.92 Å². The maximum Gasteiger partial charge on any atom is 0.264 e. The normalized spacial score (nSPS) is 11.7. The van der Waals surface area contributed by atoms with Crippen molar-refractivity contribution in [1.82, 2.24) is 5.43 Å². The fourth-order valence-corrected chi connectivity index (χ4v) is 4.76.